The molecule has 0 aromatic carbocycles. The van der Waals surface area contributed by atoms with Gasteiger partial charge in [0.15, 0.2) is 0 Å². The minimum absolute atomic E-state index is 0.372. The molecule has 13 heavy (non-hydrogen) atoms. The van der Waals surface area contributed by atoms with Crippen LogP contribution in [0, 0.1) is 5.92 Å². The fourth-order valence-electron chi connectivity index (χ4n) is 0.917. The summed E-state index contributed by atoms with van der Waals surface area (Å²) in [6, 6.07) is 0. The van der Waals surface area contributed by atoms with Gasteiger partial charge in [-0.05, 0) is 12.3 Å². The van der Waals surface area contributed by atoms with E-state index in [4.69, 9.17) is 5.11 Å². The molecule has 0 radical (unpaired) electrons. The largest absolute Gasteiger partial charge is 0.396 e. The number of unbranched alkanes of at least 4 members (excludes halogenated alkanes) is 2. The lowest BCUT2D eigenvalue weighted by Gasteiger charge is -2.08. The number of aliphatic hydroxyl groups excluding tert-OH is 1. The molecule has 0 saturated heterocycles. The molecule has 0 saturated carbocycles. The van der Waals surface area contributed by atoms with Crippen molar-refractivity contribution < 1.29 is 5.11 Å². The maximum absolute atomic E-state index is 8.75. The van der Waals surface area contributed by atoms with Crippen molar-refractivity contribution in [2.45, 2.75) is 66.2 Å². The van der Waals surface area contributed by atoms with Crippen molar-refractivity contribution in [3.63, 3.8) is 0 Å². The van der Waals surface area contributed by atoms with Gasteiger partial charge in [-0.2, -0.15) is 0 Å². The van der Waals surface area contributed by atoms with Crippen molar-refractivity contribution in [2.75, 3.05) is 6.61 Å². The monoisotopic (exact) mass is 188 g/mol. The second-order valence-electron chi connectivity index (χ2n) is 3.60. The van der Waals surface area contributed by atoms with E-state index >= 15 is 0 Å². The number of hydrogen-bond acceptors (Lipinski definition) is 1. The zero-order valence-corrected chi connectivity index (χ0v) is 9.97. The SMILES string of the molecule is CCCC.CCCCC(CC)CO. The molecule has 0 aromatic heterocycles. The van der Waals surface area contributed by atoms with Crippen LogP contribution in [0.5, 0.6) is 0 Å². The van der Waals surface area contributed by atoms with Crippen LogP contribution in [0.4, 0.5) is 0 Å². The Bertz CT molecular complexity index is 65.5. The van der Waals surface area contributed by atoms with Gasteiger partial charge >= 0.3 is 0 Å². The van der Waals surface area contributed by atoms with Crippen molar-refractivity contribution in [2.24, 2.45) is 5.92 Å². The smallest absolute Gasteiger partial charge is 0.0459 e. The summed E-state index contributed by atoms with van der Waals surface area (Å²) < 4.78 is 0. The lowest BCUT2D eigenvalue weighted by molar-refractivity contribution is 0.212. The van der Waals surface area contributed by atoms with E-state index in [-0.39, 0.29) is 0 Å². The van der Waals surface area contributed by atoms with Gasteiger partial charge in [0.1, 0.15) is 0 Å². The second-order valence-corrected chi connectivity index (χ2v) is 3.60. The fraction of sp³-hybridized carbons (Fsp3) is 1.00. The summed E-state index contributed by atoms with van der Waals surface area (Å²) in [4.78, 5) is 0. The molecule has 0 aliphatic heterocycles. The lowest BCUT2D eigenvalue weighted by Crippen LogP contribution is -2.03. The Hall–Kier alpha value is -0.0400. The number of hydrogen-bond donors (Lipinski definition) is 1. The van der Waals surface area contributed by atoms with E-state index in [2.05, 4.69) is 27.7 Å². The molecule has 1 heteroatoms. The summed E-state index contributed by atoms with van der Waals surface area (Å²) in [5.74, 6) is 0.560. The molecule has 0 rings (SSSR count). The molecule has 82 valence electrons. The van der Waals surface area contributed by atoms with E-state index in [1.807, 2.05) is 0 Å². The molecule has 1 N–H and O–H groups in total. The minimum Gasteiger partial charge on any atom is -0.396 e. The van der Waals surface area contributed by atoms with Crippen molar-refractivity contribution in [1.29, 1.82) is 0 Å². The normalized spacial score (nSPS) is 11.8. The molecule has 0 aliphatic rings. The molecule has 1 unspecified atom stereocenters. The zero-order chi connectivity index (χ0) is 10.5. The van der Waals surface area contributed by atoms with Crippen LogP contribution in [0.3, 0.4) is 0 Å². The van der Waals surface area contributed by atoms with Crippen molar-refractivity contribution in [3.8, 4) is 0 Å². The molecule has 0 aliphatic carbocycles. The fourth-order valence-corrected chi connectivity index (χ4v) is 0.917. The van der Waals surface area contributed by atoms with Crippen LogP contribution in [-0.2, 0) is 0 Å². The van der Waals surface area contributed by atoms with Crippen molar-refractivity contribution in [3.05, 3.63) is 0 Å². The Balaban J connectivity index is 0. The van der Waals surface area contributed by atoms with Gasteiger partial charge in [0.05, 0.1) is 0 Å². The quantitative estimate of drug-likeness (QED) is 0.668. The van der Waals surface area contributed by atoms with Crippen LogP contribution in [-0.4, -0.2) is 11.7 Å². The van der Waals surface area contributed by atoms with E-state index in [0.29, 0.717) is 12.5 Å². The van der Waals surface area contributed by atoms with Crippen molar-refractivity contribution in [1.82, 2.24) is 0 Å². The summed E-state index contributed by atoms with van der Waals surface area (Å²) >= 11 is 0. The maximum atomic E-state index is 8.75. The first-order valence-corrected chi connectivity index (χ1v) is 5.87. The average Bonchev–Trinajstić information content (AvgIpc) is 2.20. The first-order valence-electron chi connectivity index (χ1n) is 5.87. The summed E-state index contributed by atoms with van der Waals surface area (Å²) in [6.07, 6.45) is 7.47. The highest BCUT2D eigenvalue weighted by Crippen LogP contribution is 2.10. The van der Waals surface area contributed by atoms with Crippen LogP contribution in [0.25, 0.3) is 0 Å². The predicted octanol–water partition coefficient (Wildman–Crippen LogP) is 4.00. The van der Waals surface area contributed by atoms with Gasteiger partial charge in [-0.15, -0.1) is 0 Å². The Morgan fingerprint density at radius 1 is 0.923 bits per heavy atom. The Morgan fingerprint density at radius 3 is 1.69 bits per heavy atom. The van der Waals surface area contributed by atoms with Crippen molar-refractivity contribution >= 4 is 0 Å². The van der Waals surface area contributed by atoms with E-state index in [1.54, 1.807) is 0 Å². The van der Waals surface area contributed by atoms with Gasteiger partial charge in [0.2, 0.25) is 0 Å². The third-order valence-corrected chi connectivity index (χ3v) is 2.30. The molecule has 0 bridgehead atoms. The zero-order valence-electron chi connectivity index (χ0n) is 9.97. The maximum Gasteiger partial charge on any atom is 0.0459 e. The van der Waals surface area contributed by atoms with E-state index in [9.17, 15) is 0 Å². The van der Waals surface area contributed by atoms with Crippen LogP contribution in [0.15, 0.2) is 0 Å². The summed E-state index contributed by atoms with van der Waals surface area (Å²) in [6.45, 7) is 9.05. The van der Waals surface area contributed by atoms with E-state index in [0.717, 1.165) is 6.42 Å². The van der Waals surface area contributed by atoms with Gasteiger partial charge in [-0.25, -0.2) is 0 Å². The summed E-state index contributed by atoms with van der Waals surface area (Å²) in [5.41, 5.74) is 0. The highest BCUT2D eigenvalue weighted by molar-refractivity contribution is 4.53. The average molecular weight is 188 g/mol. The van der Waals surface area contributed by atoms with Gasteiger partial charge in [0, 0.05) is 6.61 Å². The van der Waals surface area contributed by atoms with Crippen LogP contribution < -0.4 is 0 Å². The molecule has 0 fully saturated rings. The molecule has 0 aromatic rings. The molecular formula is C12H28O. The second kappa shape index (κ2) is 14.5. The lowest BCUT2D eigenvalue weighted by atomic mass is 10.0. The molecular weight excluding hydrogens is 160 g/mol. The molecule has 0 spiro atoms. The predicted molar refractivity (Wildman–Crippen MR) is 61.0 cm³/mol. The minimum atomic E-state index is 0.372. The summed E-state index contributed by atoms with van der Waals surface area (Å²) in [5, 5.41) is 8.75. The third-order valence-electron chi connectivity index (χ3n) is 2.30. The Labute approximate surface area is 84.6 Å². The van der Waals surface area contributed by atoms with Crippen LogP contribution in [0.2, 0.25) is 0 Å². The van der Waals surface area contributed by atoms with Crippen LogP contribution in [0.1, 0.15) is 66.2 Å². The van der Waals surface area contributed by atoms with Gasteiger partial charge in [-0.3, -0.25) is 0 Å². The molecule has 1 nitrogen and oxygen atoms in total. The molecule has 0 heterocycles. The molecule has 1 atom stereocenters. The van der Waals surface area contributed by atoms with Gasteiger partial charge < -0.3 is 5.11 Å². The van der Waals surface area contributed by atoms with Crippen LogP contribution >= 0.6 is 0 Å². The first-order chi connectivity index (χ1) is 6.26. The first kappa shape index (κ1) is 15.4. The molecule has 0 amide bonds. The third kappa shape index (κ3) is 14.8. The summed E-state index contributed by atoms with van der Waals surface area (Å²) in [7, 11) is 0. The van der Waals surface area contributed by atoms with Gasteiger partial charge in [-0.1, -0.05) is 59.8 Å². The Morgan fingerprint density at radius 2 is 1.46 bits per heavy atom. The number of rotatable bonds is 6. The van der Waals surface area contributed by atoms with E-state index in [1.165, 1.54) is 32.1 Å². The topological polar surface area (TPSA) is 20.2 Å². The highest BCUT2D eigenvalue weighted by Gasteiger charge is 2.01. The van der Waals surface area contributed by atoms with E-state index < -0.39 is 0 Å². The highest BCUT2D eigenvalue weighted by atomic mass is 16.3. The standard InChI is InChI=1S/C8H18O.C4H10/c1-3-5-6-8(4-2)7-9;1-3-4-2/h8-9H,3-7H2,1-2H3;3-4H2,1-2H3. The van der Waals surface area contributed by atoms with Gasteiger partial charge in [0.25, 0.3) is 0 Å². The Kier molecular flexibility index (Phi) is 17.2. The number of aliphatic hydroxyl groups is 1.